The van der Waals surface area contributed by atoms with Crippen molar-refractivity contribution in [2.75, 3.05) is 11.9 Å². The number of ether oxygens (including phenoxy) is 1. The Bertz CT molecular complexity index is 726. The average molecular weight is 278 g/mol. The molecule has 0 unspecified atom stereocenters. The van der Waals surface area contributed by atoms with Crippen LogP contribution >= 0.6 is 0 Å². The van der Waals surface area contributed by atoms with Crippen LogP contribution in [0.5, 0.6) is 11.5 Å². The second-order valence-corrected chi connectivity index (χ2v) is 4.88. The molecule has 1 N–H and O–H groups in total. The van der Waals surface area contributed by atoms with Crippen LogP contribution in [0.2, 0.25) is 0 Å². The molecule has 0 aliphatic heterocycles. The largest absolute Gasteiger partial charge is 0.457 e. The maximum Gasteiger partial charge on any atom is 0.128 e. The van der Waals surface area contributed by atoms with Crippen LogP contribution in [0.1, 0.15) is 13.3 Å². The Morgan fingerprint density at radius 1 is 1.00 bits per heavy atom. The van der Waals surface area contributed by atoms with Gasteiger partial charge in [-0.05, 0) is 42.8 Å². The van der Waals surface area contributed by atoms with Crippen molar-refractivity contribution in [3.05, 3.63) is 60.8 Å². The molecular weight excluding hydrogens is 260 g/mol. The topological polar surface area (TPSA) is 34.2 Å². The molecule has 3 heteroatoms. The van der Waals surface area contributed by atoms with E-state index >= 15 is 0 Å². The second kappa shape index (κ2) is 6.27. The van der Waals surface area contributed by atoms with Gasteiger partial charge in [-0.25, -0.2) is 0 Å². The quantitative estimate of drug-likeness (QED) is 0.724. The molecule has 0 saturated carbocycles. The van der Waals surface area contributed by atoms with Gasteiger partial charge in [0.05, 0.1) is 5.52 Å². The first-order valence-electron chi connectivity index (χ1n) is 7.22. The van der Waals surface area contributed by atoms with Crippen molar-refractivity contribution in [1.82, 2.24) is 4.98 Å². The third kappa shape index (κ3) is 3.14. The van der Waals surface area contributed by atoms with E-state index in [2.05, 4.69) is 17.2 Å². The van der Waals surface area contributed by atoms with Crippen LogP contribution < -0.4 is 10.1 Å². The van der Waals surface area contributed by atoms with Gasteiger partial charge in [-0.1, -0.05) is 25.1 Å². The fourth-order valence-corrected chi connectivity index (χ4v) is 2.23. The van der Waals surface area contributed by atoms with Crippen molar-refractivity contribution in [3.63, 3.8) is 0 Å². The van der Waals surface area contributed by atoms with Crippen LogP contribution in [0.25, 0.3) is 10.9 Å². The smallest absolute Gasteiger partial charge is 0.128 e. The number of fused-ring (bicyclic) bond motifs is 1. The Morgan fingerprint density at radius 3 is 2.67 bits per heavy atom. The van der Waals surface area contributed by atoms with Gasteiger partial charge in [0.25, 0.3) is 0 Å². The third-order valence-corrected chi connectivity index (χ3v) is 3.26. The number of hydrogen-bond donors (Lipinski definition) is 1. The van der Waals surface area contributed by atoms with Gasteiger partial charge in [-0.3, -0.25) is 4.98 Å². The fraction of sp³-hybridized carbons (Fsp3) is 0.167. The summed E-state index contributed by atoms with van der Waals surface area (Å²) in [6, 6.07) is 17.8. The summed E-state index contributed by atoms with van der Waals surface area (Å²) in [6.45, 7) is 3.10. The van der Waals surface area contributed by atoms with Crippen LogP contribution in [-0.2, 0) is 0 Å². The van der Waals surface area contributed by atoms with Crippen molar-refractivity contribution in [3.8, 4) is 11.5 Å². The summed E-state index contributed by atoms with van der Waals surface area (Å²) in [5.41, 5.74) is 2.07. The number of anilines is 1. The maximum atomic E-state index is 5.89. The Hall–Kier alpha value is -2.55. The highest BCUT2D eigenvalue weighted by Crippen LogP contribution is 2.28. The minimum Gasteiger partial charge on any atom is -0.457 e. The summed E-state index contributed by atoms with van der Waals surface area (Å²) in [7, 11) is 0. The predicted octanol–water partition coefficient (Wildman–Crippen LogP) is 4.85. The lowest BCUT2D eigenvalue weighted by Crippen LogP contribution is -2.00. The Kier molecular flexibility index (Phi) is 4.01. The van der Waals surface area contributed by atoms with Crippen molar-refractivity contribution in [2.24, 2.45) is 0 Å². The molecular formula is C18H18N2O. The zero-order chi connectivity index (χ0) is 14.5. The molecule has 0 amide bonds. The number of benzene rings is 2. The molecule has 3 rings (SSSR count). The van der Waals surface area contributed by atoms with E-state index < -0.39 is 0 Å². The minimum atomic E-state index is 0.821. The lowest BCUT2D eigenvalue weighted by Gasteiger charge is -2.10. The fourth-order valence-electron chi connectivity index (χ4n) is 2.23. The highest BCUT2D eigenvalue weighted by Gasteiger charge is 2.04. The Labute approximate surface area is 124 Å². The third-order valence-electron chi connectivity index (χ3n) is 3.26. The number of nitrogens with zero attached hydrogens (tertiary/aromatic N) is 1. The van der Waals surface area contributed by atoms with E-state index in [-0.39, 0.29) is 0 Å². The summed E-state index contributed by atoms with van der Waals surface area (Å²) >= 11 is 0. The van der Waals surface area contributed by atoms with E-state index in [0.717, 1.165) is 41.1 Å². The molecule has 0 atom stereocenters. The van der Waals surface area contributed by atoms with Crippen molar-refractivity contribution < 1.29 is 4.74 Å². The van der Waals surface area contributed by atoms with Crippen LogP contribution in [0, 0.1) is 0 Å². The van der Waals surface area contributed by atoms with Crippen LogP contribution in [0.4, 0.5) is 5.69 Å². The van der Waals surface area contributed by atoms with Crippen molar-refractivity contribution in [2.45, 2.75) is 13.3 Å². The maximum absolute atomic E-state index is 5.89. The predicted molar refractivity (Wildman–Crippen MR) is 87.0 cm³/mol. The van der Waals surface area contributed by atoms with Crippen LogP contribution in [0.15, 0.2) is 60.8 Å². The summed E-state index contributed by atoms with van der Waals surface area (Å²) in [6.07, 6.45) is 2.92. The average Bonchev–Trinajstić information content (AvgIpc) is 2.54. The summed E-state index contributed by atoms with van der Waals surface area (Å²) in [4.78, 5) is 4.40. The van der Waals surface area contributed by atoms with E-state index in [1.807, 2.05) is 60.8 Å². The molecule has 0 bridgehead atoms. The van der Waals surface area contributed by atoms with Crippen LogP contribution in [-0.4, -0.2) is 11.5 Å². The highest BCUT2D eigenvalue weighted by atomic mass is 16.5. The van der Waals surface area contributed by atoms with Crippen molar-refractivity contribution >= 4 is 16.6 Å². The SMILES string of the molecule is CCCNc1ccnc2ccc(Oc3ccccc3)cc12. The monoisotopic (exact) mass is 278 g/mol. The normalized spacial score (nSPS) is 10.5. The van der Waals surface area contributed by atoms with Crippen LogP contribution in [0.3, 0.4) is 0 Å². The zero-order valence-electron chi connectivity index (χ0n) is 12.0. The molecule has 0 saturated heterocycles. The summed E-state index contributed by atoms with van der Waals surface area (Å²) in [5.74, 6) is 1.66. The van der Waals surface area contributed by atoms with Gasteiger partial charge in [0.1, 0.15) is 11.5 Å². The first-order chi connectivity index (χ1) is 10.4. The summed E-state index contributed by atoms with van der Waals surface area (Å²) < 4.78 is 5.89. The van der Waals surface area contributed by atoms with Gasteiger partial charge in [0, 0.05) is 23.8 Å². The molecule has 0 radical (unpaired) electrons. The highest BCUT2D eigenvalue weighted by molar-refractivity contribution is 5.92. The molecule has 0 spiro atoms. The molecule has 1 heterocycles. The molecule has 0 aliphatic rings. The van der Waals surface area contributed by atoms with Gasteiger partial charge in [-0.2, -0.15) is 0 Å². The molecule has 0 aliphatic carbocycles. The Morgan fingerprint density at radius 2 is 1.86 bits per heavy atom. The van der Waals surface area contributed by atoms with Gasteiger partial charge in [0.15, 0.2) is 0 Å². The van der Waals surface area contributed by atoms with Gasteiger partial charge >= 0.3 is 0 Å². The van der Waals surface area contributed by atoms with Crippen molar-refractivity contribution in [1.29, 1.82) is 0 Å². The molecule has 3 nitrogen and oxygen atoms in total. The first kappa shape index (κ1) is 13.4. The number of rotatable bonds is 5. The van der Waals surface area contributed by atoms with E-state index in [9.17, 15) is 0 Å². The Balaban J connectivity index is 1.94. The first-order valence-corrected chi connectivity index (χ1v) is 7.22. The number of pyridine rings is 1. The molecule has 106 valence electrons. The molecule has 3 aromatic rings. The zero-order valence-corrected chi connectivity index (χ0v) is 12.0. The lowest BCUT2D eigenvalue weighted by atomic mass is 10.1. The van der Waals surface area contributed by atoms with E-state index in [0.29, 0.717) is 0 Å². The van der Waals surface area contributed by atoms with Gasteiger partial charge in [0.2, 0.25) is 0 Å². The number of nitrogens with one attached hydrogen (secondary N) is 1. The molecule has 1 aromatic heterocycles. The molecule has 2 aromatic carbocycles. The second-order valence-electron chi connectivity index (χ2n) is 4.88. The van der Waals surface area contributed by atoms with E-state index in [4.69, 9.17) is 4.74 Å². The van der Waals surface area contributed by atoms with Gasteiger partial charge < -0.3 is 10.1 Å². The van der Waals surface area contributed by atoms with E-state index in [1.165, 1.54) is 0 Å². The molecule has 21 heavy (non-hydrogen) atoms. The number of para-hydroxylation sites is 1. The van der Waals surface area contributed by atoms with Gasteiger partial charge in [-0.15, -0.1) is 0 Å². The number of aromatic nitrogens is 1. The lowest BCUT2D eigenvalue weighted by molar-refractivity contribution is 0.483. The van der Waals surface area contributed by atoms with E-state index in [1.54, 1.807) is 0 Å². The minimum absolute atomic E-state index is 0.821. The molecule has 0 fully saturated rings. The number of hydrogen-bond acceptors (Lipinski definition) is 3. The standard InChI is InChI=1S/C18H18N2O/c1-2-11-19-18-10-12-20-17-9-8-15(13-16(17)18)21-14-6-4-3-5-7-14/h3-10,12-13H,2,11H2,1H3,(H,19,20). The summed E-state index contributed by atoms with van der Waals surface area (Å²) in [5, 5.41) is 4.52.